The average Bonchev–Trinajstić information content (AvgIpc) is 2.84. The lowest BCUT2D eigenvalue weighted by Gasteiger charge is -2.10. The van der Waals surface area contributed by atoms with Gasteiger partial charge < -0.3 is 14.6 Å². The molecule has 0 radical (unpaired) electrons. The first-order chi connectivity index (χ1) is 9.69. The SMILES string of the molecule is CCCn1ccnc1CNc1cccc(OC(F)F)c1. The van der Waals surface area contributed by atoms with Gasteiger partial charge in [-0.25, -0.2) is 4.98 Å². The quantitative estimate of drug-likeness (QED) is 0.844. The van der Waals surface area contributed by atoms with Gasteiger partial charge in [0.1, 0.15) is 11.6 Å². The highest BCUT2D eigenvalue weighted by Gasteiger charge is 2.05. The Morgan fingerprint density at radius 3 is 3.00 bits per heavy atom. The molecule has 4 nitrogen and oxygen atoms in total. The second-order valence-corrected chi connectivity index (χ2v) is 4.30. The first-order valence-electron chi connectivity index (χ1n) is 6.48. The molecule has 1 aromatic carbocycles. The Hall–Kier alpha value is -2.11. The summed E-state index contributed by atoms with van der Waals surface area (Å²) in [5.74, 6) is 1.05. The minimum absolute atomic E-state index is 0.141. The third-order valence-corrected chi connectivity index (χ3v) is 2.78. The molecule has 1 aromatic heterocycles. The number of alkyl halides is 2. The number of hydrogen-bond acceptors (Lipinski definition) is 3. The minimum Gasteiger partial charge on any atom is -0.435 e. The number of halogens is 2. The molecule has 2 aromatic rings. The van der Waals surface area contributed by atoms with Crippen molar-refractivity contribution in [2.75, 3.05) is 5.32 Å². The van der Waals surface area contributed by atoms with E-state index >= 15 is 0 Å². The van der Waals surface area contributed by atoms with Crippen molar-refractivity contribution < 1.29 is 13.5 Å². The van der Waals surface area contributed by atoms with Crippen molar-refractivity contribution in [1.29, 1.82) is 0 Å². The molecule has 20 heavy (non-hydrogen) atoms. The zero-order valence-electron chi connectivity index (χ0n) is 11.2. The van der Waals surface area contributed by atoms with E-state index in [4.69, 9.17) is 0 Å². The predicted molar refractivity (Wildman–Crippen MR) is 72.9 cm³/mol. The van der Waals surface area contributed by atoms with Gasteiger partial charge in [0.15, 0.2) is 0 Å². The monoisotopic (exact) mass is 281 g/mol. The zero-order chi connectivity index (χ0) is 14.4. The van der Waals surface area contributed by atoms with E-state index in [0.29, 0.717) is 12.2 Å². The number of aromatic nitrogens is 2. The van der Waals surface area contributed by atoms with Gasteiger partial charge in [0.05, 0.1) is 6.54 Å². The summed E-state index contributed by atoms with van der Waals surface area (Å²) in [6.07, 6.45) is 4.71. The van der Waals surface area contributed by atoms with Gasteiger partial charge in [0, 0.05) is 30.7 Å². The molecular formula is C14H17F2N3O. The van der Waals surface area contributed by atoms with Crippen molar-refractivity contribution in [3.63, 3.8) is 0 Å². The second kappa shape index (κ2) is 6.88. The molecule has 6 heteroatoms. The Bertz CT molecular complexity index is 543. The summed E-state index contributed by atoms with van der Waals surface area (Å²) in [4.78, 5) is 4.27. The van der Waals surface area contributed by atoms with E-state index < -0.39 is 6.61 Å². The van der Waals surface area contributed by atoms with E-state index in [1.807, 2.05) is 6.20 Å². The highest BCUT2D eigenvalue weighted by molar-refractivity contribution is 5.48. The van der Waals surface area contributed by atoms with Crippen LogP contribution >= 0.6 is 0 Å². The Kier molecular flexibility index (Phi) is 4.92. The van der Waals surface area contributed by atoms with Crippen LogP contribution in [0, 0.1) is 0 Å². The van der Waals surface area contributed by atoms with Crippen molar-refractivity contribution in [2.24, 2.45) is 0 Å². The maximum atomic E-state index is 12.1. The molecule has 0 fully saturated rings. The molecule has 108 valence electrons. The van der Waals surface area contributed by atoms with Gasteiger partial charge in [0.2, 0.25) is 0 Å². The van der Waals surface area contributed by atoms with Gasteiger partial charge in [0.25, 0.3) is 0 Å². The number of rotatable bonds is 7. The molecular weight excluding hydrogens is 264 g/mol. The summed E-state index contributed by atoms with van der Waals surface area (Å²) in [6.45, 7) is 0.729. The molecule has 1 heterocycles. The highest BCUT2D eigenvalue weighted by atomic mass is 19.3. The summed E-state index contributed by atoms with van der Waals surface area (Å²) in [7, 11) is 0. The normalized spacial score (nSPS) is 10.8. The smallest absolute Gasteiger partial charge is 0.387 e. The van der Waals surface area contributed by atoms with E-state index in [-0.39, 0.29) is 5.75 Å². The predicted octanol–water partition coefficient (Wildman–Crippen LogP) is 3.51. The summed E-state index contributed by atoms with van der Waals surface area (Å²) in [5.41, 5.74) is 0.717. The van der Waals surface area contributed by atoms with Crippen LogP contribution in [-0.2, 0) is 13.1 Å². The molecule has 1 N–H and O–H groups in total. The van der Waals surface area contributed by atoms with E-state index in [1.165, 1.54) is 6.07 Å². The number of benzene rings is 1. The van der Waals surface area contributed by atoms with E-state index in [0.717, 1.165) is 18.8 Å². The molecule has 0 aliphatic rings. The lowest BCUT2D eigenvalue weighted by molar-refractivity contribution is -0.0498. The number of hydrogen-bond donors (Lipinski definition) is 1. The minimum atomic E-state index is -2.81. The van der Waals surface area contributed by atoms with Crippen LogP contribution in [0.1, 0.15) is 19.2 Å². The number of anilines is 1. The topological polar surface area (TPSA) is 39.1 Å². The van der Waals surface area contributed by atoms with Crippen molar-refractivity contribution in [2.45, 2.75) is 33.0 Å². The lowest BCUT2D eigenvalue weighted by Crippen LogP contribution is -2.08. The Labute approximate surface area is 116 Å². The van der Waals surface area contributed by atoms with Gasteiger partial charge in [-0.1, -0.05) is 13.0 Å². The Balaban J connectivity index is 1.98. The molecule has 0 aliphatic carbocycles. The largest absolute Gasteiger partial charge is 0.435 e. The molecule has 0 atom stereocenters. The van der Waals surface area contributed by atoms with Crippen LogP contribution in [0.15, 0.2) is 36.7 Å². The lowest BCUT2D eigenvalue weighted by atomic mass is 10.3. The van der Waals surface area contributed by atoms with Gasteiger partial charge in [-0.15, -0.1) is 0 Å². The van der Waals surface area contributed by atoms with Gasteiger partial charge in [-0.2, -0.15) is 8.78 Å². The molecule has 0 bridgehead atoms. The number of imidazole rings is 1. The summed E-state index contributed by atoms with van der Waals surface area (Å²) in [6, 6.07) is 6.50. The summed E-state index contributed by atoms with van der Waals surface area (Å²) >= 11 is 0. The number of nitrogens with one attached hydrogen (secondary N) is 1. The second-order valence-electron chi connectivity index (χ2n) is 4.30. The van der Waals surface area contributed by atoms with Crippen LogP contribution in [0.3, 0.4) is 0 Å². The Morgan fingerprint density at radius 1 is 1.40 bits per heavy atom. The molecule has 2 rings (SSSR count). The fraction of sp³-hybridized carbons (Fsp3) is 0.357. The third kappa shape index (κ3) is 3.94. The van der Waals surface area contributed by atoms with Crippen molar-refractivity contribution in [3.05, 3.63) is 42.5 Å². The van der Waals surface area contributed by atoms with Crippen LogP contribution in [0.5, 0.6) is 5.75 Å². The third-order valence-electron chi connectivity index (χ3n) is 2.78. The molecule has 0 aliphatic heterocycles. The molecule has 0 saturated carbocycles. The van der Waals surface area contributed by atoms with Crippen LogP contribution in [0.25, 0.3) is 0 Å². The fourth-order valence-corrected chi connectivity index (χ4v) is 1.92. The maximum Gasteiger partial charge on any atom is 0.387 e. The van der Waals surface area contributed by atoms with Crippen molar-refractivity contribution in [3.8, 4) is 5.75 Å². The van der Waals surface area contributed by atoms with E-state index in [2.05, 4.69) is 26.5 Å². The summed E-state index contributed by atoms with van der Waals surface area (Å²) < 4.78 is 30.7. The van der Waals surface area contributed by atoms with Crippen molar-refractivity contribution in [1.82, 2.24) is 9.55 Å². The van der Waals surface area contributed by atoms with Gasteiger partial charge in [-0.3, -0.25) is 0 Å². The van der Waals surface area contributed by atoms with Gasteiger partial charge >= 0.3 is 6.61 Å². The zero-order valence-corrected chi connectivity index (χ0v) is 11.2. The fourth-order valence-electron chi connectivity index (χ4n) is 1.92. The first-order valence-corrected chi connectivity index (χ1v) is 6.48. The molecule has 0 saturated heterocycles. The number of ether oxygens (including phenoxy) is 1. The Morgan fingerprint density at radius 2 is 2.25 bits per heavy atom. The van der Waals surface area contributed by atoms with Crippen LogP contribution < -0.4 is 10.1 Å². The molecule has 0 amide bonds. The molecule has 0 unspecified atom stereocenters. The average molecular weight is 281 g/mol. The van der Waals surface area contributed by atoms with Gasteiger partial charge in [-0.05, 0) is 18.6 Å². The first kappa shape index (κ1) is 14.3. The maximum absolute atomic E-state index is 12.1. The molecule has 0 spiro atoms. The highest BCUT2D eigenvalue weighted by Crippen LogP contribution is 2.19. The standard InChI is InChI=1S/C14H17F2N3O/c1-2-7-19-8-6-17-13(19)10-18-11-4-3-5-12(9-11)20-14(15)16/h3-6,8-9,14,18H,2,7,10H2,1H3. The number of nitrogens with zero attached hydrogens (tertiary/aromatic N) is 2. The van der Waals surface area contributed by atoms with E-state index in [1.54, 1.807) is 24.4 Å². The van der Waals surface area contributed by atoms with Crippen LogP contribution in [-0.4, -0.2) is 16.2 Å². The van der Waals surface area contributed by atoms with Crippen molar-refractivity contribution >= 4 is 5.69 Å². The van der Waals surface area contributed by atoms with E-state index in [9.17, 15) is 8.78 Å². The van der Waals surface area contributed by atoms with Crippen LogP contribution in [0.4, 0.5) is 14.5 Å². The van der Waals surface area contributed by atoms with Crippen LogP contribution in [0.2, 0.25) is 0 Å². The summed E-state index contributed by atoms with van der Waals surface area (Å²) in [5, 5.41) is 3.15. The number of aryl methyl sites for hydroxylation is 1.